The minimum absolute atomic E-state index is 0.115. The van der Waals surface area contributed by atoms with Crippen LogP contribution in [0.2, 0.25) is 0 Å². The maximum Gasteiger partial charge on any atom is 0.127 e. The third-order valence-corrected chi connectivity index (χ3v) is 2.59. The molecule has 0 aliphatic carbocycles. The molecule has 1 nitrogen and oxygen atoms in total. The fourth-order valence-electron chi connectivity index (χ4n) is 1.13. The van der Waals surface area contributed by atoms with E-state index in [-0.39, 0.29) is 12.4 Å². The smallest absolute Gasteiger partial charge is 0.127 e. The first-order valence-corrected chi connectivity index (χ1v) is 5.43. The van der Waals surface area contributed by atoms with Gasteiger partial charge >= 0.3 is 0 Å². The van der Waals surface area contributed by atoms with Crippen LogP contribution < -0.4 is 0 Å². The van der Waals surface area contributed by atoms with Crippen LogP contribution in [0, 0.1) is 5.82 Å². The molecule has 0 fully saturated rings. The van der Waals surface area contributed by atoms with Crippen LogP contribution in [0.5, 0.6) is 0 Å². The van der Waals surface area contributed by atoms with Gasteiger partial charge in [0.05, 0.1) is 0 Å². The lowest BCUT2D eigenvalue weighted by molar-refractivity contribution is 0.288. The van der Waals surface area contributed by atoms with Crippen molar-refractivity contribution in [2.75, 3.05) is 12.9 Å². The number of halogens is 1. The summed E-state index contributed by atoms with van der Waals surface area (Å²) in [6, 6.07) is 5.23. The third kappa shape index (κ3) is 3.01. The Balaban J connectivity index is 2.73. The van der Waals surface area contributed by atoms with E-state index in [1.54, 1.807) is 6.07 Å². The van der Waals surface area contributed by atoms with Gasteiger partial charge in [0.1, 0.15) is 5.82 Å². The molecular formula is C10H13FOS. The Morgan fingerprint density at radius 1 is 1.46 bits per heavy atom. The first-order chi connectivity index (χ1) is 6.27. The number of aryl methyl sites for hydroxylation is 1. The molecule has 0 spiro atoms. The first-order valence-electron chi connectivity index (χ1n) is 4.21. The van der Waals surface area contributed by atoms with Gasteiger partial charge in [0.2, 0.25) is 0 Å². The summed E-state index contributed by atoms with van der Waals surface area (Å²) in [7, 11) is 0. The number of benzene rings is 1. The number of rotatable bonds is 4. The van der Waals surface area contributed by atoms with Crippen molar-refractivity contribution in [1.82, 2.24) is 0 Å². The molecule has 0 radical (unpaired) electrons. The van der Waals surface area contributed by atoms with E-state index in [9.17, 15) is 4.39 Å². The molecule has 0 aromatic heterocycles. The zero-order chi connectivity index (χ0) is 9.68. The minimum Gasteiger partial charge on any atom is -0.396 e. The summed E-state index contributed by atoms with van der Waals surface area (Å²) >= 11 is 1.53. The average molecular weight is 200 g/mol. The molecule has 0 unspecified atom stereocenters. The Morgan fingerprint density at radius 2 is 2.23 bits per heavy atom. The monoisotopic (exact) mass is 200 g/mol. The van der Waals surface area contributed by atoms with Gasteiger partial charge < -0.3 is 5.11 Å². The Kier molecular flexibility index (Phi) is 4.25. The number of aliphatic hydroxyl groups excluding tert-OH is 1. The SMILES string of the molecule is CSc1ccc(CCCO)c(F)c1. The highest BCUT2D eigenvalue weighted by atomic mass is 32.2. The van der Waals surface area contributed by atoms with Crippen LogP contribution in [-0.2, 0) is 6.42 Å². The second kappa shape index (κ2) is 5.25. The highest BCUT2D eigenvalue weighted by Gasteiger charge is 2.02. The molecule has 13 heavy (non-hydrogen) atoms. The summed E-state index contributed by atoms with van der Waals surface area (Å²) in [5.41, 5.74) is 0.687. The van der Waals surface area contributed by atoms with Gasteiger partial charge in [-0.2, -0.15) is 0 Å². The van der Waals surface area contributed by atoms with Crippen molar-refractivity contribution in [3.05, 3.63) is 29.6 Å². The number of aliphatic hydroxyl groups is 1. The fourth-order valence-corrected chi connectivity index (χ4v) is 1.55. The van der Waals surface area contributed by atoms with Crippen LogP contribution >= 0.6 is 11.8 Å². The summed E-state index contributed by atoms with van der Waals surface area (Å²) in [5, 5.41) is 8.59. The lowest BCUT2D eigenvalue weighted by atomic mass is 10.1. The molecule has 3 heteroatoms. The highest BCUT2D eigenvalue weighted by Crippen LogP contribution is 2.19. The molecule has 0 amide bonds. The van der Waals surface area contributed by atoms with Crippen molar-refractivity contribution in [1.29, 1.82) is 0 Å². The van der Waals surface area contributed by atoms with Crippen LogP contribution in [-0.4, -0.2) is 18.0 Å². The van der Waals surface area contributed by atoms with E-state index in [1.165, 1.54) is 17.8 Å². The lowest BCUT2D eigenvalue weighted by Crippen LogP contribution is -1.93. The van der Waals surface area contributed by atoms with Crippen LogP contribution in [0.3, 0.4) is 0 Å². The minimum atomic E-state index is -0.166. The number of hydrogen-bond donors (Lipinski definition) is 1. The molecule has 0 bridgehead atoms. The van der Waals surface area contributed by atoms with Gasteiger partial charge in [-0.3, -0.25) is 0 Å². The predicted molar refractivity (Wildman–Crippen MR) is 53.6 cm³/mol. The van der Waals surface area contributed by atoms with Crippen molar-refractivity contribution >= 4 is 11.8 Å². The van der Waals surface area contributed by atoms with Gasteiger partial charge in [0.15, 0.2) is 0 Å². The van der Waals surface area contributed by atoms with Crippen LogP contribution in [0.15, 0.2) is 23.1 Å². The van der Waals surface area contributed by atoms with Gasteiger partial charge in [-0.05, 0) is 36.8 Å². The maximum absolute atomic E-state index is 13.3. The standard InChI is InChI=1S/C10H13FOS/c1-13-9-5-4-8(3-2-6-12)10(11)7-9/h4-5,7,12H,2-3,6H2,1H3. The summed E-state index contributed by atoms with van der Waals surface area (Å²) in [4.78, 5) is 0.935. The maximum atomic E-state index is 13.3. The molecule has 0 aliphatic rings. The van der Waals surface area contributed by atoms with Crippen molar-refractivity contribution in [3.63, 3.8) is 0 Å². The zero-order valence-electron chi connectivity index (χ0n) is 7.59. The number of thioether (sulfide) groups is 1. The molecule has 0 aliphatic heterocycles. The predicted octanol–water partition coefficient (Wildman–Crippen LogP) is 2.47. The Bertz CT molecular complexity index is 276. The molecule has 1 N–H and O–H groups in total. The van der Waals surface area contributed by atoms with E-state index in [4.69, 9.17) is 5.11 Å². The van der Waals surface area contributed by atoms with Crippen molar-refractivity contribution in [2.24, 2.45) is 0 Å². The Labute approximate surface area is 82.0 Å². The summed E-state index contributed by atoms with van der Waals surface area (Å²) < 4.78 is 13.3. The molecule has 0 saturated heterocycles. The first kappa shape index (κ1) is 10.5. The topological polar surface area (TPSA) is 20.2 Å². The quantitative estimate of drug-likeness (QED) is 0.753. The van der Waals surface area contributed by atoms with Crippen molar-refractivity contribution < 1.29 is 9.50 Å². The second-order valence-electron chi connectivity index (χ2n) is 2.78. The van der Waals surface area contributed by atoms with E-state index < -0.39 is 0 Å². The van der Waals surface area contributed by atoms with Crippen molar-refractivity contribution in [2.45, 2.75) is 17.7 Å². The van der Waals surface area contributed by atoms with Gasteiger partial charge in [0, 0.05) is 11.5 Å². The van der Waals surface area contributed by atoms with Crippen LogP contribution in [0.1, 0.15) is 12.0 Å². The van der Waals surface area contributed by atoms with Gasteiger partial charge in [0.25, 0.3) is 0 Å². The average Bonchev–Trinajstić information content (AvgIpc) is 2.16. The Hall–Kier alpha value is -0.540. The molecule has 72 valence electrons. The van der Waals surface area contributed by atoms with E-state index >= 15 is 0 Å². The van der Waals surface area contributed by atoms with Gasteiger partial charge in [-0.15, -0.1) is 11.8 Å². The molecule has 0 saturated carbocycles. The lowest BCUT2D eigenvalue weighted by Gasteiger charge is -2.03. The summed E-state index contributed by atoms with van der Waals surface area (Å²) in [6.07, 6.45) is 3.15. The normalized spacial score (nSPS) is 10.4. The molecular weight excluding hydrogens is 187 g/mol. The molecule has 0 atom stereocenters. The molecule has 0 heterocycles. The molecule has 1 rings (SSSR count). The Morgan fingerprint density at radius 3 is 2.77 bits per heavy atom. The summed E-state index contributed by atoms with van der Waals surface area (Å²) in [6.45, 7) is 0.115. The zero-order valence-corrected chi connectivity index (χ0v) is 8.40. The fraction of sp³-hybridized carbons (Fsp3) is 0.400. The van der Waals surface area contributed by atoms with E-state index in [0.717, 1.165) is 4.90 Å². The second-order valence-corrected chi connectivity index (χ2v) is 3.66. The van der Waals surface area contributed by atoms with Gasteiger partial charge in [-0.1, -0.05) is 6.07 Å². The van der Waals surface area contributed by atoms with E-state index in [0.29, 0.717) is 18.4 Å². The highest BCUT2D eigenvalue weighted by molar-refractivity contribution is 7.98. The van der Waals surface area contributed by atoms with E-state index in [1.807, 2.05) is 12.3 Å². The number of hydrogen-bond acceptors (Lipinski definition) is 2. The van der Waals surface area contributed by atoms with Gasteiger partial charge in [-0.25, -0.2) is 4.39 Å². The van der Waals surface area contributed by atoms with E-state index in [2.05, 4.69) is 0 Å². The largest absolute Gasteiger partial charge is 0.396 e. The molecule has 1 aromatic carbocycles. The van der Waals surface area contributed by atoms with Crippen molar-refractivity contribution in [3.8, 4) is 0 Å². The third-order valence-electron chi connectivity index (χ3n) is 1.86. The summed E-state index contributed by atoms with van der Waals surface area (Å²) in [5.74, 6) is -0.166. The van der Waals surface area contributed by atoms with Crippen LogP contribution in [0.25, 0.3) is 0 Å². The molecule has 1 aromatic rings. The van der Waals surface area contributed by atoms with Crippen LogP contribution in [0.4, 0.5) is 4.39 Å².